The van der Waals surface area contributed by atoms with E-state index in [1.807, 2.05) is 0 Å². The highest BCUT2D eigenvalue weighted by atomic mass is 19.4. The molecule has 2 unspecified atom stereocenters. The molecule has 0 aromatic heterocycles. The van der Waals surface area contributed by atoms with Gasteiger partial charge in [0.05, 0.1) is 6.61 Å². The van der Waals surface area contributed by atoms with Gasteiger partial charge in [0.2, 0.25) is 5.91 Å². The van der Waals surface area contributed by atoms with Crippen LogP contribution in [-0.4, -0.2) is 55.6 Å². The minimum absolute atomic E-state index is 0.195. The Morgan fingerprint density at radius 1 is 1.45 bits per heavy atom. The van der Waals surface area contributed by atoms with Gasteiger partial charge in [0.15, 0.2) is 0 Å². The number of rotatable bonds is 6. The smallest absolute Gasteiger partial charge is 0.411 e. The molecule has 1 saturated heterocycles. The van der Waals surface area contributed by atoms with Crippen LogP contribution in [0.1, 0.15) is 12.8 Å². The predicted octanol–water partition coefficient (Wildman–Crippen LogP) is 0.561. The van der Waals surface area contributed by atoms with Gasteiger partial charge in [-0.25, -0.2) is 4.79 Å². The van der Waals surface area contributed by atoms with E-state index in [2.05, 4.69) is 10.1 Å². The van der Waals surface area contributed by atoms with Crippen LogP contribution in [0.25, 0.3) is 0 Å². The highest BCUT2D eigenvalue weighted by Crippen LogP contribution is 2.18. The van der Waals surface area contributed by atoms with Crippen molar-refractivity contribution >= 4 is 11.9 Å². The van der Waals surface area contributed by atoms with Crippen molar-refractivity contribution in [3.63, 3.8) is 0 Å². The Morgan fingerprint density at radius 2 is 2.15 bits per heavy atom. The van der Waals surface area contributed by atoms with Crippen molar-refractivity contribution in [1.29, 1.82) is 0 Å². The van der Waals surface area contributed by atoms with Crippen LogP contribution < -0.4 is 5.32 Å². The standard InChI is InChI=1S/C11H16F3NO5/c12-11(13,14)6-20-5-8(16)15-9(10(17)18)7-2-1-3-19-4-7/h7,9H,1-6H2,(H,15,16)(H,17,18). The van der Waals surface area contributed by atoms with Gasteiger partial charge in [-0.2, -0.15) is 13.2 Å². The quantitative estimate of drug-likeness (QED) is 0.748. The van der Waals surface area contributed by atoms with Gasteiger partial charge >= 0.3 is 12.1 Å². The zero-order chi connectivity index (χ0) is 15.2. The third-order valence-electron chi connectivity index (χ3n) is 2.75. The third kappa shape index (κ3) is 6.20. The van der Waals surface area contributed by atoms with Crippen molar-refractivity contribution in [2.75, 3.05) is 26.4 Å². The first kappa shape index (κ1) is 16.7. The summed E-state index contributed by atoms with van der Waals surface area (Å²) >= 11 is 0. The Bertz CT molecular complexity index is 341. The number of carboxylic acid groups (broad SMARTS) is 1. The maximum absolute atomic E-state index is 11.8. The Labute approximate surface area is 113 Å². The SMILES string of the molecule is O=C(COCC(F)(F)F)NC(C(=O)O)C1CCCOC1. The lowest BCUT2D eigenvalue weighted by molar-refractivity contribution is -0.176. The van der Waals surface area contributed by atoms with Crippen LogP contribution in [0.2, 0.25) is 0 Å². The van der Waals surface area contributed by atoms with E-state index >= 15 is 0 Å². The summed E-state index contributed by atoms with van der Waals surface area (Å²) in [6.45, 7) is -1.66. The van der Waals surface area contributed by atoms with Crippen molar-refractivity contribution in [3.05, 3.63) is 0 Å². The minimum atomic E-state index is -4.52. The van der Waals surface area contributed by atoms with E-state index in [9.17, 15) is 22.8 Å². The van der Waals surface area contributed by atoms with Crippen molar-refractivity contribution in [2.24, 2.45) is 5.92 Å². The molecule has 0 aromatic carbocycles. The Hall–Kier alpha value is -1.35. The molecule has 0 saturated carbocycles. The lowest BCUT2D eigenvalue weighted by Crippen LogP contribution is -2.49. The molecule has 0 spiro atoms. The molecule has 0 aromatic rings. The molecule has 1 fully saturated rings. The molecule has 0 aliphatic carbocycles. The number of nitrogens with one attached hydrogen (secondary N) is 1. The Morgan fingerprint density at radius 3 is 2.65 bits per heavy atom. The fourth-order valence-electron chi connectivity index (χ4n) is 1.88. The Balaban J connectivity index is 2.41. The summed E-state index contributed by atoms with van der Waals surface area (Å²) < 4.78 is 44.8. The number of halogens is 3. The van der Waals surface area contributed by atoms with Crippen LogP contribution in [0.15, 0.2) is 0 Å². The monoisotopic (exact) mass is 299 g/mol. The van der Waals surface area contributed by atoms with Gasteiger partial charge < -0.3 is 19.9 Å². The summed E-state index contributed by atoms with van der Waals surface area (Å²) in [5.74, 6) is -2.54. The van der Waals surface area contributed by atoms with E-state index < -0.39 is 43.2 Å². The lowest BCUT2D eigenvalue weighted by atomic mass is 9.94. The first-order valence-corrected chi connectivity index (χ1v) is 6.04. The van der Waals surface area contributed by atoms with E-state index in [1.54, 1.807) is 0 Å². The van der Waals surface area contributed by atoms with Gasteiger partial charge in [0.1, 0.15) is 19.3 Å². The highest BCUT2D eigenvalue weighted by molar-refractivity contribution is 5.84. The van der Waals surface area contributed by atoms with E-state index in [0.29, 0.717) is 19.4 Å². The summed E-state index contributed by atoms with van der Waals surface area (Å²) in [6.07, 6.45) is -3.28. The van der Waals surface area contributed by atoms with Gasteiger partial charge in [-0.3, -0.25) is 4.79 Å². The number of carbonyl (C=O) groups excluding carboxylic acids is 1. The molecule has 0 radical (unpaired) electrons. The second-order valence-electron chi connectivity index (χ2n) is 4.47. The molecule has 116 valence electrons. The van der Waals surface area contributed by atoms with Gasteiger partial charge in [-0.1, -0.05) is 0 Å². The van der Waals surface area contributed by atoms with Crippen LogP contribution in [0.3, 0.4) is 0 Å². The van der Waals surface area contributed by atoms with Crippen LogP contribution in [0.4, 0.5) is 13.2 Å². The molecule has 1 rings (SSSR count). The van der Waals surface area contributed by atoms with Crippen LogP contribution in [-0.2, 0) is 19.1 Å². The molecule has 2 atom stereocenters. The summed E-state index contributed by atoms with van der Waals surface area (Å²) in [5, 5.41) is 11.2. The number of carbonyl (C=O) groups is 2. The van der Waals surface area contributed by atoms with E-state index in [4.69, 9.17) is 9.84 Å². The largest absolute Gasteiger partial charge is 0.480 e. The van der Waals surface area contributed by atoms with Gasteiger partial charge in [0.25, 0.3) is 0 Å². The second kappa shape index (κ2) is 7.44. The first-order chi connectivity index (χ1) is 9.29. The molecule has 20 heavy (non-hydrogen) atoms. The zero-order valence-corrected chi connectivity index (χ0v) is 10.6. The molecule has 2 N–H and O–H groups in total. The van der Waals surface area contributed by atoms with E-state index in [0.717, 1.165) is 0 Å². The number of carboxylic acids is 1. The number of amides is 1. The zero-order valence-electron chi connectivity index (χ0n) is 10.6. The topological polar surface area (TPSA) is 84.9 Å². The van der Waals surface area contributed by atoms with Gasteiger partial charge in [-0.05, 0) is 12.8 Å². The van der Waals surface area contributed by atoms with Crippen molar-refractivity contribution in [3.8, 4) is 0 Å². The average Bonchev–Trinajstić information content (AvgIpc) is 2.35. The molecule has 1 heterocycles. The molecule has 9 heteroatoms. The number of ether oxygens (including phenoxy) is 2. The fraction of sp³-hybridized carbons (Fsp3) is 0.818. The molecule has 1 aliphatic rings. The van der Waals surface area contributed by atoms with Crippen LogP contribution in [0, 0.1) is 5.92 Å². The molecule has 6 nitrogen and oxygen atoms in total. The maximum Gasteiger partial charge on any atom is 0.411 e. The molecular weight excluding hydrogens is 283 g/mol. The summed E-state index contributed by atoms with van der Waals surface area (Å²) in [5.41, 5.74) is 0. The van der Waals surface area contributed by atoms with Crippen LogP contribution in [0.5, 0.6) is 0 Å². The third-order valence-corrected chi connectivity index (χ3v) is 2.75. The van der Waals surface area contributed by atoms with Crippen molar-refractivity contribution in [2.45, 2.75) is 25.1 Å². The molecule has 0 bridgehead atoms. The van der Waals surface area contributed by atoms with Gasteiger partial charge in [-0.15, -0.1) is 0 Å². The van der Waals surface area contributed by atoms with Crippen molar-refractivity contribution < 1.29 is 37.3 Å². The highest BCUT2D eigenvalue weighted by Gasteiger charge is 2.32. The number of alkyl halides is 3. The number of hydrogen-bond donors (Lipinski definition) is 2. The van der Waals surface area contributed by atoms with Gasteiger partial charge in [0, 0.05) is 12.5 Å². The number of hydrogen-bond acceptors (Lipinski definition) is 4. The fourth-order valence-corrected chi connectivity index (χ4v) is 1.88. The normalized spacial score (nSPS) is 21.2. The minimum Gasteiger partial charge on any atom is -0.480 e. The maximum atomic E-state index is 11.8. The molecule has 1 aliphatic heterocycles. The van der Waals surface area contributed by atoms with Crippen LogP contribution >= 0.6 is 0 Å². The summed E-state index contributed by atoms with van der Waals surface area (Å²) in [7, 11) is 0. The first-order valence-electron chi connectivity index (χ1n) is 6.04. The Kier molecular flexibility index (Phi) is 6.21. The average molecular weight is 299 g/mol. The predicted molar refractivity (Wildman–Crippen MR) is 60.0 cm³/mol. The van der Waals surface area contributed by atoms with E-state index in [-0.39, 0.29) is 6.61 Å². The number of aliphatic carboxylic acids is 1. The summed E-state index contributed by atoms with van der Waals surface area (Å²) in [6, 6.07) is -1.18. The lowest BCUT2D eigenvalue weighted by Gasteiger charge is -2.28. The molecule has 1 amide bonds. The summed E-state index contributed by atoms with van der Waals surface area (Å²) in [4.78, 5) is 22.5. The van der Waals surface area contributed by atoms with Crippen molar-refractivity contribution in [1.82, 2.24) is 5.32 Å². The second-order valence-corrected chi connectivity index (χ2v) is 4.47. The molecular formula is C11H16F3NO5. The van der Waals surface area contributed by atoms with E-state index in [1.165, 1.54) is 0 Å².